The molecule has 0 saturated carbocycles. The van der Waals surface area contributed by atoms with Gasteiger partial charge in [-0.05, 0) is 4.92 Å². The number of halogens is 1. The van der Waals surface area contributed by atoms with Crippen molar-refractivity contribution in [1.29, 1.82) is 0 Å². The van der Waals surface area contributed by atoms with Crippen LogP contribution < -0.4 is 0 Å². The Morgan fingerprint density at radius 2 is 2.45 bits per heavy atom. The number of alkyl halides is 1. The summed E-state index contributed by atoms with van der Waals surface area (Å²) in [4.78, 5) is 9.86. The van der Waals surface area contributed by atoms with Crippen LogP contribution in [0.2, 0.25) is 0 Å². The lowest BCUT2D eigenvalue weighted by atomic mass is 10.4. The van der Waals surface area contributed by atoms with Gasteiger partial charge in [0.2, 0.25) is 0 Å². The Kier molecular flexibility index (Phi) is 2.14. The van der Waals surface area contributed by atoms with Crippen LogP contribution in [0, 0.1) is 10.1 Å². The van der Waals surface area contributed by atoms with Crippen molar-refractivity contribution in [3.63, 3.8) is 0 Å². The van der Waals surface area contributed by atoms with Gasteiger partial charge in [0.05, 0.1) is 19.1 Å². The maximum Gasteiger partial charge on any atom is 0.323 e. The molecule has 0 bridgehead atoms. The van der Waals surface area contributed by atoms with Crippen molar-refractivity contribution in [3.05, 3.63) is 27.9 Å². The molecule has 0 N–H and O–H groups in total. The summed E-state index contributed by atoms with van der Waals surface area (Å²) in [6.07, 6.45) is 1.64. The van der Waals surface area contributed by atoms with E-state index in [4.69, 9.17) is 11.6 Å². The summed E-state index contributed by atoms with van der Waals surface area (Å²) >= 11 is 5.48. The van der Waals surface area contributed by atoms with Crippen molar-refractivity contribution >= 4 is 17.4 Å². The Hall–Kier alpha value is -1.03. The minimum absolute atomic E-state index is 0.0700. The van der Waals surface area contributed by atoms with E-state index in [0.29, 0.717) is 5.88 Å². The molecule has 0 amide bonds. The van der Waals surface area contributed by atoms with Gasteiger partial charge in [-0.2, -0.15) is 0 Å². The molecule has 11 heavy (non-hydrogen) atoms. The molecule has 0 spiro atoms. The van der Waals surface area contributed by atoms with E-state index in [1.54, 1.807) is 13.2 Å². The number of aryl methyl sites for hydroxylation is 1. The molecule has 1 aromatic rings. The van der Waals surface area contributed by atoms with Gasteiger partial charge < -0.3 is 10.1 Å². The molecule has 0 aliphatic rings. The third kappa shape index (κ3) is 1.51. The van der Waals surface area contributed by atoms with Gasteiger partial charge in [-0.3, -0.25) is 0 Å². The lowest BCUT2D eigenvalue weighted by Crippen LogP contribution is -1.94. The summed E-state index contributed by atoms with van der Waals surface area (Å²) in [5.74, 6) is 0.377. The first-order chi connectivity index (χ1) is 5.15. The van der Waals surface area contributed by atoms with Crippen LogP contribution in [0.5, 0.6) is 0 Å². The Morgan fingerprint density at radius 3 is 2.73 bits per heavy atom. The molecule has 5 heteroatoms. The summed E-state index contributed by atoms with van der Waals surface area (Å²) in [6.45, 7) is 0. The monoisotopic (exact) mass is 174 g/mol. The van der Waals surface area contributed by atoms with Crippen LogP contribution in [0.3, 0.4) is 0 Å². The minimum atomic E-state index is -0.434. The van der Waals surface area contributed by atoms with Crippen molar-refractivity contribution in [1.82, 2.24) is 4.57 Å². The topological polar surface area (TPSA) is 48.1 Å². The van der Waals surface area contributed by atoms with Crippen LogP contribution in [-0.4, -0.2) is 9.49 Å². The first-order valence-electron chi connectivity index (χ1n) is 3.00. The van der Waals surface area contributed by atoms with Crippen molar-refractivity contribution in [3.8, 4) is 0 Å². The smallest absolute Gasteiger partial charge is 0.323 e. The summed E-state index contributed by atoms with van der Waals surface area (Å²) in [5.41, 5.74) is 0.765. The summed E-state index contributed by atoms with van der Waals surface area (Å²) in [6, 6.07) is 1.47. The normalized spacial score (nSPS) is 10.0. The van der Waals surface area contributed by atoms with Crippen LogP contribution in [0.4, 0.5) is 5.82 Å². The molecule has 60 valence electrons. The largest absolute Gasteiger partial charge is 0.358 e. The van der Waals surface area contributed by atoms with E-state index < -0.39 is 4.92 Å². The molecule has 4 nitrogen and oxygen atoms in total. The van der Waals surface area contributed by atoms with Crippen molar-refractivity contribution in [2.24, 2.45) is 7.05 Å². The molecule has 0 aliphatic carbocycles. The lowest BCUT2D eigenvalue weighted by molar-refractivity contribution is -0.391. The van der Waals surface area contributed by atoms with Crippen molar-refractivity contribution in [2.75, 3.05) is 0 Å². The van der Waals surface area contributed by atoms with E-state index in [2.05, 4.69) is 0 Å². The van der Waals surface area contributed by atoms with Gasteiger partial charge in [-0.15, -0.1) is 11.6 Å². The molecule has 1 aromatic heterocycles. The zero-order valence-corrected chi connectivity index (χ0v) is 6.71. The van der Waals surface area contributed by atoms with Crippen molar-refractivity contribution in [2.45, 2.75) is 5.88 Å². The van der Waals surface area contributed by atoms with Gasteiger partial charge in [0, 0.05) is 11.6 Å². The second kappa shape index (κ2) is 2.92. The first-order valence-corrected chi connectivity index (χ1v) is 3.54. The van der Waals surface area contributed by atoms with E-state index in [1.807, 2.05) is 0 Å². The fourth-order valence-electron chi connectivity index (χ4n) is 0.874. The van der Waals surface area contributed by atoms with Crippen LogP contribution in [0.15, 0.2) is 12.3 Å². The predicted molar refractivity (Wildman–Crippen MR) is 41.6 cm³/mol. The standard InChI is InChI=1S/C6H7ClN2O2/c1-8-4-5(3-7)2-6(8)9(10)11/h2,4H,3H2,1H3. The quantitative estimate of drug-likeness (QED) is 0.389. The van der Waals surface area contributed by atoms with Crippen LogP contribution in [-0.2, 0) is 12.9 Å². The Labute approximate surface area is 68.5 Å². The zero-order valence-electron chi connectivity index (χ0n) is 5.95. The minimum Gasteiger partial charge on any atom is -0.358 e. The van der Waals surface area contributed by atoms with Gasteiger partial charge in [-0.1, -0.05) is 0 Å². The number of nitrogens with zero attached hydrogens (tertiary/aromatic N) is 2. The molecule has 0 unspecified atom stereocenters. The Bertz CT molecular complexity index is 282. The third-order valence-electron chi connectivity index (χ3n) is 1.38. The average molecular weight is 175 g/mol. The Balaban J connectivity index is 3.07. The van der Waals surface area contributed by atoms with Crippen LogP contribution >= 0.6 is 11.6 Å². The van der Waals surface area contributed by atoms with Gasteiger partial charge in [0.15, 0.2) is 0 Å². The highest BCUT2D eigenvalue weighted by Crippen LogP contribution is 2.15. The van der Waals surface area contributed by atoms with Crippen LogP contribution in [0.1, 0.15) is 5.56 Å². The summed E-state index contributed by atoms with van der Waals surface area (Å²) in [5, 5.41) is 10.3. The van der Waals surface area contributed by atoms with Gasteiger partial charge in [-0.25, -0.2) is 4.57 Å². The summed E-state index contributed by atoms with van der Waals surface area (Å²) < 4.78 is 1.44. The lowest BCUT2D eigenvalue weighted by Gasteiger charge is -1.91. The zero-order chi connectivity index (χ0) is 8.43. The SMILES string of the molecule is Cn1cc(CCl)cc1[N+](=O)[O-]. The maximum atomic E-state index is 10.3. The molecule has 0 fully saturated rings. The van der Waals surface area contributed by atoms with E-state index in [1.165, 1.54) is 10.6 Å². The highest BCUT2D eigenvalue weighted by Gasteiger charge is 2.10. The van der Waals surface area contributed by atoms with E-state index in [-0.39, 0.29) is 5.82 Å². The molecule has 0 saturated heterocycles. The van der Waals surface area contributed by atoms with Gasteiger partial charge >= 0.3 is 5.82 Å². The molecular formula is C6H7ClN2O2. The highest BCUT2D eigenvalue weighted by molar-refractivity contribution is 6.17. The maximum absolute atomic E-state index is 10.3. The molecule has 1 heterocycles. The number of rotatable bonds is 2. The third-order valence-corrected chi connectivity index (χ3v) is 1.69. The molecule has 0 aliphatic heterocycles. The van der Waals surface area contributed by atoms with Crippen LogP contribution in [0.25, 0.3) is 0 Å². The second-order valence-electron chi connectivity index (χ2n) is 2.21. The first kappa shape index (κ1) is 8.07. The molecular weight excluding hydrogens is 168 g/mol. The molecule has 0 aromatic carbocycles. The number of hydrogen-bond acceptors (Lipinski definition) is 2. The Morgan fingerprint density at radius 1 is 1.82 bits per heavy atom. The fraction of sp³-hybridized carbons (Fsp3) is 0.333. The van der Waals surface area contributed by atoms with Crippen molar-refractivity contribution < 1.29 is 4.92 Å². The molecule has 0 radical (unpaired) electrons. The number of nitro groups is 1. The fourth-order valence-corrected chi connectivity index (χ4v) is 1.02. The second-order valence-corrected chi connectivity index (χ2v) is 2.48. The number of aromatic nitrogens is 1. The highest BCUT2D eigenvalue weighted by atomic mass is 35.5. The predicted octanol–water partition coefficient (Wildman–Crippen LogP) is 1.67. The summed E-state index contributed by atoms with van der Waals surface area (Å²) in [7, 11) is 1.62. The van der Waals surface area contributed by atoms with Gasteiger partial charge in [0.1, 0.15) is 0 Å². The van der Waals surface area contributed by atoms with Gasteiger partial charge in [0.25, 0.3) is 0 Å². The molecule has 1 rings (SSSR count). The van der Waals surface area contributed by atoms with E-state index >= 15 is 0 Å². The van der Waals surface area contributed by atoms with E-state index in [0.717, 1.165) is 5.56 Å². The molecule has 0 atom stereocenters. The van der Waals surface area contributed by atoms with E-state index in [9.17, 15) is 10.1 Å². The average Bonchev–Trinajstić information content (AvgIpc) is 2.30. The number of hydrogen-bond donors (Lipinski definition) is 0.